The van der Waals surface area contributed by atoms with Crippen LogP contribution in [0.1, 0.15) is 35.3 Å². The summed E-state index contributed by atoms with van der Waals surface area (Å²) in [6.45, 7) is 1.97. The van der Waals surface area contributed by atoms with Crippen molar-refractivity contribution in [3.63, 3.8) is 0 Å². The van der Waals surface area contributed by atoms with E-state index in [1.807, 2.05) is 67.6 Å². The summed E-state index contributed by atoms with van der Waals surface area (Å²) in [5, 5.41) is 0. The lowest BCUT2D eigenvalue weighted by Gasteiger charge is -2.43. The van der Waals surface area contributed by atoms with Gasteiger partial charge < -0.3 is 4.90 Å². The maximum Gasteiger partial charge on any atom is 0.258 e. The molecule has 6 heteroatoms. The average Bonchev–Trinajstić information content (AvgIpc) is 2.74. The molecule has 0 N–H and O–H groups in total. The molecule has 0 aliphatic carbocycles. The van der Waals surface area contributed by atoms with Gasteiger partial charge >= 0.3 is 0 Å². The molecule has 0 fully saturated rings. The molecular formula is C24H24N2O3S. The second kappa shape index (κ2) is 7.95. The standard InChI is InChI=1S/C24H24N2O3S/c1-18-17-23(26(30(2,28)29)20-13-7-4-8-14-20)21-15-9-10-16-22(21)25(18)24(27)19-11-5-3-6-12-19/h3-16,18,23H,17H2,1-2H3/t18-,23+/m0/s1. The van der Waals surface area contributed by atoms with Crippen molar-refractivity contribution < 1.29 is 13.2 Å². The minimum atomic E-state index is -3.54. The number of rotatable bonds is 4. The van der Waals surface area contributed by atoms with Gasteiger partial charge in [-0.1, -0.05) is 54.6 Å². The first-order chi connectivity index (χ1) is 14.4. The van der Waals surface area contributed by atoms with Crippen molar-refractivity contribution in [2.24, 2.45) is 0 Å². The summed E-state index contributed by atoms with van der Waals surface area (Å²) < 4.78 is 27.1. The fourth-order valence-electron chi connectivity index (χ4n) is 4.21. The second-order valence-corrected chi connectivity index (χ2v) is 9.45. The summed E-state index contributed by atoms with van der Waals surface area (Å²) in [5.74, 6) is -0.0837. The van der Waals surface area contributed by atoms with Crippen LogP contribution in [0, 0.1) is 0 Å². The predicted octanol–water partition coefficient (Wildman–Crippen LogP) is 4.63. The first-order valence-corrected chi connectivity index (χ1v) is 11.7. The predicted molar refractivity (Wildman–Crippen MR) is 120 cm³/mol. The number of nitrogens with zero attached hydrogens (tertiary/aromatic N) is 2. The number of fused-ring (bicyclic) bond motifs is 1. The zero-order valence-electron chi connectivity index (χ0n) is 17.0. The van der Waals surface area contributed by atoms with Crippen molar-refractivity contribution in [1.29, 1.82) is 0 Å². The van der Waals surface area contributed by atoms with Crippen molar-refractivity contribution in [3.8, 4) is 0 Å². The zero-order chi connectivity index (χ0) is 21.3. The summed E-state index contributed by atoms with van der Waals surface area (Å²) in [4.78, 5) is 15.1. The molecule has 1 amide bonds. The maximum atomic E-state index is 13.3. The Morgan fingerprint density at radius 3 is 2.10 bits per heavy atom. The molecule has 0 saturated heterocycles. The summed E-state index contributed by atoms with van der Waals surface area (Å²) in [6, 6.07) is 25.3. The highest BCUT2D eigenvalue weighted by Gasteiger charge is 2.39. The van der Waals surface area contributed by atoms with Crippen LogP contribution in [-0.4, -0.2) is 26.6 Å². The molecule has 0 aromatic heterocycles. The first-order valence-electron chi connectivity index (χ1n) is 9.90. The van der Waals surface area contributed by atoms with E-state index in [-0.39, 0.29) is 11.9 Å². The Balaban J connectivity index is 1.83. The largest absolute Gasteiger partial charge is 0.305 e. The van der Waals surface area contributed by atoms with Crippen LogP contribution in [-0.2, 0) is 10.0 Å². The van der Waals surface area contributed by atoms with E-state index in [4.69, 9.17) is 0 Å². The molecule has 1 aliphatic heterocycles. The van der Waals surface area contributed by atoms with Crippen LogP contribution in [0.4, 0.5) is 11.4 Å². The molecule has 4 rings (SSSR count). The van der Waals surface area contributed by atoms with Crippen molar-refractivity contribution in [2.75, 3.05) is 15.5 Å². The SMILES string of the molecule is C[C@H]1C[C@@H](N(c2ccccc2)S(C)(=O)=O)c2ccccc2N1C(=O)c1ccccc1. The molecule has 5 nitrogen and oxygen atoms in total. The van der Waals surface area contributed by atoms with Gasteiger partial charge in [0.15, 0.2) is 0 Å². The number of para-hydroxylation sites is 2. The number of benzene rings is 3. The normalized spacial score (nSPS) is 18.5. The fourth-order valence-corrected chi connectivity index (χ4v) is 5.38. The third kappa shape index (κ3) is 3.71. The average molecular weight is 421 g/mol. The van der Waals surface area contributed by atoms with Crippen LogP contribution >= 0.6 is 0 Å². The number of anilines is 2. The van der Waals surface area contributed by atoms with Crippen LogP contribution in [0.15, 0.2) is 84.9 Å². The van der Waals surface area contributed by atoms with E-state index in [2.05, 4.69) is 0 Å². The Morgan fingerprint density at radius 2 is 1.47 bits per heavy atom. The topological polar surface area (TPSA) is 57.7 Å². The number of sulfonamides is 1. The van der Waals surface area contributed by atoms with Gasteiger partial charge in [0.1, 0.15) is 0 Å². The monoisotopic (exact) mass is 420 g/mol. The quantitative estimate of drug-likeness (QED) is 0.618. The maximum absolute atomic E-state index is 13.3. The zero-order valence-corrected chi connectivity index (χ0v) is 17.8. The molecule has 0 radical (unpaired) electrons. The van der Waals surface area contributed by atoms with E-state index < -0.39 is 16.1 Å². The molecule has 154 valence electrons. The van der Waals surface area contributed by atoms with Gasteiger partial charge in [-0.15, -0.1) is 0 Å². The number of amides is 1. The van der Waals surface area contributed by atoms with Gasteiger partial charge in [-0.25, -0.2) is 8.42 Å². The van der Waals surface area contributed by atoms with Crippen LogP contribution in [0.25, 0.3) is 0 Å². The number of carbonyl (C=O) groups is 1. The van der Waals surface area contributed by atoms with Gasteiger partial charge in [0, 0.05) is 17.3 Å². The number of hydrogen-bond donors (Lipinski definition) is 0. The molecule has 30 heavy (non-hydrogen) atoms. The summed E-state index contributed by atoms with van der Waals surface area (Å²) in [7, 11) is -3.54. The van der Waals surface area contributed by atoms with Gasteiger partial charge in [0.2, 0.25) is 10.0 Å². The molecular weight excluding hydrogens is 396 g/mol. The molecule has 0 spiro atoms. The van der Waals surface area contributed by atoms with Crippen LogP contribution < -0.4 is 9.21 Å². The third-order valence-electron chi connectivity index (χ3n) is 5.45. The van der Waals surface area contributed by atoms with Crippen molar-refractivity contribution >= 4 is 27.3 Å². The Kier molecular flexibility index (Phi) is 5.35. The second-order valence-electron chi connectivity index (χ2n) is 7.59. The Morgan fingerprint density at radius 1 is 0.900 bits per heavy atom. The van der Waals surface area contributed by atoms with Gasteiger partial charge in [-0.05, 0) is 49.2 Å². The van der Waals surface area contributed by atoms with Gasteiger partial charge in [0.25, 0.3) is 5.91 Å². The van der Waals surface area contributed by atoms with Crippen LogP contribution in [0.2, 0.25) is 0 Å². The molecule has 2 atom stereocenters. The highest BCUT2D eigenvalue weighted by molar-refractivity contribution is 7.92. The molecule has 0 saturated carbocycles. The van der Waals surface area contributed by atoms with Gasteiger partial charge in [-0.2, -0.15) is 0 Å². The van der Waals surface area contributed by atoms with E-state index in [1.54, 1.807) is 29.2 Å². The highest BCUT2D eigenvalue weighted by atomic mass is 32.2. The van der Waals surface area contributed by atoms with Crippen molar-refractivity contribution in [2.45, 2.75) is 25.4 Å². The van der Waals surface area contributed by atoms with Gasteiger partial charge in [-0.3, -0.25) is 9.10 Å². The Bertz CT molecular complexity index is 1150. The third-order valence-corrected chi connectivity index (χ3v) is 6.63. The summed E-state index contributed by atoms with van der Waals surface area (Å²) in [5.41, 5.74) is 2.81. The minimum Gasteiger partial charge on any atom is -0.305 e. The molecule has 0 bridgehead atoms. The van der Waals surface area contributed by atoms with Crippen molar-refractivity contribution in [3.05, 3.63) is 96.1 Å². The lowest BCUT2D eigenvalue weighted by Crippen LogP contribution is -2.47. The van der Waals surface area contributed by atoms with Gasteiger partial charge in [0.05, 0.1) is 18.0 Å². The summed E-state index contributed by atoms with van der Waals surface area (Å²) >= 11 is 0. The Hall–Kier alpha value is -3.12. The fraction of sp³-hybridized carbons (Fsp3) is 0.208. The lowest BCUT2D eigenvalue weighted by atomic mass is 9.90. The molecule has 3 aromatic carbocycles. The van der Waals surface area contributed by atoms with E-state index in [0.29, 0.717) is 17.7 Å². The van der Waals surface area contributed by atoms with Crippen LogP contribution in [0.5, 0.6) is 0 Å². The van der Waals surface area contributed by atoms with E-state index >= 15 is 0 Å². The molecule has 1 aliphatic rings. The van der Waals surface area contributed by atoms with E-state index in [1.165, 1.54) is 10.6 Å². The summed E-state index contributed by atoms with van der Waals surface area (Å²) in [6.07, 6.45) is 1.73. The van der Waals surface area contributed by atoms with Crippen LogP contribution in [0.3, 0.4) is 0 Å². The first kappa shape index (κ1) is 20.2. The van der Waals surface area contributed by atoms with Crippen molar-refractivity contribution in [1.82, 2.24) is 0 Å². The molecule has 3 aromatic rings. The number of carbonyl (C=O) groups excluding carboxylic acids is 1. The Labute approximate surface area is 177 Å². The highest BCUT2D eigenvalue weighted by Crippen LogP contribution is 2.43. The minimum absolute atomic E-state index is 0.0837. The smallest absolute Gasteiger partial charge is 0.258 e. The molecule has 0 unspecified atom stereocenters. The van der Waals surface area contributed by atoms with E-state index in [0.717, 1.165) is 11.3 Å². The lowest BCUT2D eigenvalue weighted by molar-refractivity contribution is 0.0974. The van der Waals surface area contributed by atoms with E-state index in [9.17, 15) is 13.2 Å². The molecule has 1 heterocycles. The number of hydrogen-bond acceptors (Lipinski definition) is 3.